The summed E-state index contributed by atoms with van der Waals surface area (Å²) < 4.78 is 7.46. The molecule has 4 rings (SSSR count). The van der Waals surface area contributed by atoms with Crippen LogP contribution in [0.15, 0.2) is 0 Å². The zero-order valence-electron chi connectivity index (χ0n) is 15.2. The van der Waals surface area contributed by atoms with Gasteiger partial charge in [0.15, 0.2) is 18.1 Å². The van der Waals surface area contributed by atoms with Gasteiger partial charge >= 0.3 is 0 Å². The molecule has 0 aromatic heterocycles. The quantitative estimate of drug-likeness (QED) is 0.516. The first-order valence-corrected chi connectivity index (χ1v) is 14.7. The van der Waals surface area contributed by atoms with E-state index < -0.39 is 18.1 Å². The second kappa shape index (κ2) is 8.18. The molecule has 4 fully saturated rings. The van der Waals surface area contributed by atoms with Gasteiger partial charge in [0.2, 0.25) is 0 Å². The summed E-state index contributed by atoms with van der Waals surface area (Å²) in [5, 5.41) is 0. The molecule has 0 saturated heterocycles. The minimum absolute atomic E-state index is 0.947. The van der Waals surface area contributed by atoms with E-state index in [1.54, 1.807) is 51.4 Å². The molecule has 1 nitrogen and oxygen atoms in total. The van der Waals surface area contributed by atoms with Crippen LogP contribution < -0.4 is 0 Å². The van der Waals surface area contributed by atoms with Gasteiger partial charge in [-0.3, -0.25) is 0 Å². The SMILES string of the molecule is C1CCC([SiH](O[SiH](C2CCCC2)C2CCCC2)C2CCCC2)C1. The molecule has 0 spiro atoms. The normalized spacial score (nSPS) is 29.0. The summed E-state index contributed by atoms with van der Waals surface area (Å²) >= 11 is 0. The molecule has 0 aromatic carbocycles. The standard InChI is InChI=1S/C20H38OSi2/c1-2-10-17(9-1)22(18-11-3-4-12-18)21-23(19-13-5-6-14-19)20-15-7-8-16-20/h17-20,22-23H,1-16H2. The Balaban J connectivity index is 1.48. The first kappa shape index (κ1) is 16.8. The zero-order valence-corrected chi connectivity index (χ0v) is 17.5. The third-order valence-electron chi connectivity index (χ3n) is 7.77. The first-order chi connectivity index (χ1) is 11.4. The smallest absolute Gasteiger partial charge is 0.169 e. The fraction of sp³-hybridized carbons (Fsp3) is 1.00. The summed E-state index contributed by atoms with van der Waals surface area (Å²) in [7, 11) is -1.89. The van der Waals surface area contributed by atoms with Crippen molar-refractivity contribution in [3.63, 3.8) is 0 Å². The highest BCUT2D eigenvalue weighted by atomic mass is 28.4. The Kier molecular flexibility index (Phi) is 5.99. The van der Waals surface area contributed by atoms with Gasteiger partial charge in [-0.1, -0.05) is 103 Å². The Labute approximate surface area is 147 Å². The van der Waals surface area contributed by atoms with Crippen molar-refractivity contribution < 1.29 is 4.12 Å². The van der Waals surface area contributed by atoms with Crippen LogP contribution in [-0.2, 0) is 4.12 Å². The van der Waals surface area contributed by atoms with Crippen LogP contribution in [0, 0.1) is 0 Å². The topological polar surface area (TPSA) is 9.23 Å². The van der Waals surface area contributed by atoms with Crippen LogP contribution >= 0.6 is 0 Å². The number of hydrogen-bond acceptors (Lipinski definition) is 1. The van der Waals surface area contributed by atoms with E-state index >= 15 is 0 Å². The van der Waals surface area contributed by atoms with Gasteiger partial charge < -0.3 is 4.12 Å². The van der Waals surface area contributed by atoms with Gasteiger partial charge in [0, 0.05) is 0 Å². The fourth-order valence-electron chi connectivity index (χ4n) is 6.54. The molecular weight excluding hydrogens is 312 g/mol. The summed E-state index contributed by atoms with van der Waals surface area (Å²) in [5.41, 5.74) is 4.32. The van der Waals surface area contributed by atoms with Crippen LogP contribution in [0.1, 0.15) is 103 Å². The largest absolute Gasteiger partial charge is 0.459 e. The van der Waals surface area contributed by atoms with Crippen molar-refractivity contribution in [1.29, 1.82) is 0 Å². The molecule has 4 aliphatic rings. The van der Waals surface area contributed by atoms with E-state index in [4.69, 9.17) is 4.12 Å². The van der Waals surface area contributed by atoms with Crippen molar-refractivity contribution in [3.8, 4) is 0 Å². The lowest BCUT2D eigenvalue weighted by atomic mass is 10.3. The Bertz CT molecular complexity index is 285. The second-order valence-electron chi connectivity index (χ2n) is 9.24. The third kappa shape index (κ3) is 3.98. The van der Waals surface area contributed by atoms with Crippen LogP contribution in [0.2, 0.25) is 22.2 Å². The van der Waals surface area contributed by atoms with Crippen molar-refractivity contribution >= 4 is 18.1 Å². The lowest BCUT2D eigenvalue weighted by Crippen LogP contribution is -2.40. The second-order valence-corrected chi connectivity index (χ2v) is 16.0. The Morgan fingerprint density at radius 1 is 0.391 bits per heavy atom. The Morgan fingerprint density at radius 3 is 0.826 bits per heavy atom. The average molecular weight is 351 g/mol. The molecule has 0 radical (unpaired) electrons. The molecule has 4 saturated carbocycles. The summed E-state index contributed by atoms with van der Waals surface area (Å²) in [4.78, 5) is 0. The Hall–Kier alpha value is 0.394. The highest BCUT2D eigenvalue weighted by Crippen LogP contribution is 2.48. The summed E-state index contributed by atoms with van der Waals surface area (Å²) in [6.07, 6.45) is 24.5. The molecule has 23 heavy (non-hydrogen) atoms. The van der Waals surface area contributed by atoms with E-state index in [-0.39, 0.29) is 0 Å². The van der Waals surface area contributed by atoms with Gasteiger partial charge in [-0.2, -0.15) is 0 Å². The molecule has 0 aromatic rings. The van der Waals surface area contributed by atoms with Crippen molar-refractivity contribution in [2.45, 2.75) is 125 Å². The molecular formula is C20H38OSi2. The lowest BCUT2D eigenvalue weighted by Gasteiger charge is -2.36. The molecule has 0 heterocycles. The zero-order chi connectivity index (χ0) is 15.5. The van der Waals surface area contributed by atoms with E-state index in [1.807, 2.05) is 0 Å². The van der Waals surface area contributed by atoms with Crippen LogP contribution in [0.25, 0.3) is 0 Å². The Morgan fingerprint density at radius 2 is 0.609 bits per heavy atom. The average Bonchev–Trinajstić information content (AvgIpc) is 3.35. The van der Waals surface area contributed by atoms with Gasteiger partial charge in [0.25, 0.3) is 0 Å². The molecule has 0 bridgehead atoms. The van der Waals surface area contributed by atoms with E-state index in [0.29, 0.717) is 0 Å². The van der Waals surface area contributed by atoms with E-state index in [0.717, 1.165) is 22.2 Å². The highest BCUT2D eigenvalue weighted by Gasteiger charge is 2.42. The lowest BCUT2D eigenvalue weighted by molar-refractivity contribution is 0.484. The van der Waals surface area contributed by atoms with Crippen LogP contribution in [-0.4, -0.2) is 18.1 Å². The van der Waals surface area contributed by atoms with E-state index in [2.05, 4.69) is 0 Å². The van der Waals surface area contributed by atoms with Crippen LogP contribution in [0.4, 0.5) is 0 Å². The minimum Gasteiger partial charge on any atom is -0.459 e. The fourth-order valence-corrected chi connectivity index (χ4v) is 17.6. The third-order valence-corrected chi connectivity index (χ3v) is 16.7. The number of rotatable bonds is 6. The van der Waals surface area contributed by atoms with Crippen molar-refractivity contribution in [2.75, 3.05) is 0 Å². The summed E-state index contributed by atoms with van der Waals surface area (Å²) in [6.45, 7) is 0. The van der Waals surface area contributed by atoms with Crippen LogP contribution in [0.3, 0.4) is 0 Å². The molecule has 4 aliphatic carbocycles. The maximum atomic E-state index is 7.46. The molecule has 0 unspecified atom stereocenters. The van der Waals surface area contributed by atoms with Crippen molar-refractivity contribution in [3.05, 3.63) is 0 Å². The summed E-state index contributed by atoms with van der Waals surface area (Å²) in [6, 6.07) is 0. The van der Waals surface area contributed by atoms with Gasteiger partial charge in [0.1, 0.15) is 0 Å². The molecule has 132 valence electrons. The molecule has 0 aliphatic heterocycles. The maximum absolute atomic E-state index is 7.46. The predicted molar refractivity (Wildman–Crippen MR) is 104 cm³/mol. The molecule has 0 amide bonds. The first-order valence-electron chi connectivity index (χ1n) is 11.1. The van der Waals surface area contributed by atoms with Crippen molar-refractivity contribution in [1.82, 2.24) is 0 Å². The highest BCUT2D eigenvalue weighted by molar-refractivity contribution is 6.69. The number of hydrogen-bond donors (Lipinski definition) is 0. The summed E-state index contributed by atoms with van der Waals surface area (Å²) in [5.74, 6) is 0. The van der Waals surface area contributed by atoms with Gasteiger partial charge in [-0.25, -0.2) is 0 Å². The van der Waals surface area contributed by atoms with Crippen molar-refractivity contribution in [2.24, 2.45) is 0 Å². The molecule has 0 atom stereocenters. The monoisotopic (exact) mass is 350 g/mol. The van der Waals surface area contributed by atoms with E-state index in [1.165, 1.54) is 51.4 Å². The minimum atomic E-state index is -0.947. The van der Waals surface area contributed by atoms with Gasteiger partial charge in [-0.05, 0) is 22.2 Å². The predicted octanol–water partition coefficient (Wildman–Crippen LogP) is 6.23. The van der Waals surface area contributed by atoms with Gasteiger partial charge in [-0.15, -0.1) is 0 Å². The van der Waals surface area contributed by atoms with E-state index in [9.17, 15) is 0 Å². The molecule has 0 N–H and O–H groups in total. The van der Waals surface area contributed by atoms with Gasteiger partial charge in [0.05, 0.1) is 0 Å². The molecule has 3 heteroatoms. The van der Waals surface area contributed by atoms with Crippen LogP contribution in [0.5, 0.6) is 0 Å². The maximum Gasteiger partial charge on any atom is 0.169 e.